The third kappa shape index (κ3) is 4.18. The minimum Gasteiger partial charge on any atom is -0.352 e. The Kier molecular flexibility index (Phi) is 5.68. The largest absolute Gasteiger partial charge is 0.352 e. The van der Waals surface area contributed by atoms with Crippen molar-refractivity contribution in [2.75, 3.05) is 6.54 Å². The lowest BCUT2D eigenvalue weighted by atomic mass is 9.93. The minimum absolute atomic E-state index is 0.0532. The van der Waals surface area contributed by atoms with Crippen molar-refractivity contribution in [3.8, 4) is 0 Å². The van der Waals surface area contributed by atoms with Crippen LogP contribution in [0.2, 0.25) is 5.02 Å². The third-order valence-corrected chi connectivity index (χ3v) is 4.81. The zero-order chi connectivity index (χ0) is 17.8. The summed E-state index contributed by atoms with van der Waals surface area (Å²) in [6.45, 7) is 2.98. The van der Waals surface area contributed by atoms with E-state index in [1.54, 1.807) is 6.07 Å². The molecule has 6 heteroatoms. The molecule has 3 N–H and O–H groups in total. The van der Waals surface area contributed by atoms with E-state index >= 15 is 0 Å². The molecule has 0 radical (unpaired) electrons. The van der Waals surface area contributed by atoms with Gasteiger partial charge >= 0.3 is 0 Å². The van der Waals surface area contributed by atoms with Gasteiger partial charge in [0.25, 0.3) is 0 Å². The van der Waals surface area contributed by atoms with Gasteiger partial charge in [0.05, 0.1) is 17.0 Å². The smallest absolute Gasteiger partial charge is 0.226 e. The maximum atomic E-state index is 13.2. The van der Waals surface area contributed by atoms with Crippen LogP contribution in [0.15, 0.2) is 42.5 Å². The first-order chi connectivity index (χ1) is 12.1. The van der Waals surface area contributed by atoms with Crippen molar-refractivity contribution in [2.24, 2.45) is 5.92 Å². The maximum Gasteiger partial charge on any atom is 0.226 e. The van der Waals surface area contributed by atoms with E-state index in [9.17, 15) is 9.18 Å². The number of rotatable bonds is 5. The van der Waals surface area contributed by atoms with E-state index < -0.39 is 5.82 Å². The van der Waals surface area contributed by atoms with Crippen molar-refractivity contribution >= 4 is 17.5 Å². The predicted molar refractivity (Wildman–Crippen MR) is 96.4 cm³/mol. The molecule has 0 spiro atoms. The number of halogens is 2. The molecule has 0 bridgehead atoms. The van der Waals surface area contributed by atoms with Crippen molar-refractivity contribution in [1.29, 1.82) is 0 Å². The van der Waals surface area contributed by atoms with E-state index in [4.69, 9.17) is 11.6 Å². The summed E-state index contributed by atoms with van der Waals surface area (Å²) in [6, 6.07) is 12.7. The summed E-state index contributed by atoms with van der Waals surface area (Å²) in [5.74, 6) is -0.734. The van der Waals surface area contributed by atoms with Crippen LogP contribution in [0.5, 0.6) is 0 Å². The molecule has 1 heterocycles. The number of hydrogen-bond acceptors (Lipinski definition) is 3. The number of amides is 1. The Bertz CT molecular complexity index is 751. The minimum atomic E-state index is -0.462. The van der Waals surface area contributed by atoms with Crippen LogP contribution >= 0.6 is 11.6 Å². The van der Waals surface area contributed by atoms with Gasteiger partial charge in [0.2, 0.25) is 5.91 Å². The zero-order valence-electron chi connectivity index (χ0n) is 14.0. The van der Waals surface area contributed by atoms with Gasteiger partial charge in [-0.1, -0.05) is 48.9 Å². The van der Waals surface area contributed by atoms with Gasteiger partial charge in [0.15, 0.2) is 0 Å². The first-order valence-corrected chi connectivity index (χ1v) is 8.75. The monoisotopic (exact) mass is 361 g/mol. The van der Waals surface area contributed by atoms with Gasteiger partial charge in [0.1, 0.15) is 5.82 Å². The highest BCUT2D eigenvalue weighted by atomic mass is 35.5. The van der Waals surface area contributed by atoms with Crippen molar-refractivity contribution in [3.63, 3.8) is 0 Å². The lowest BCUT2D eigenvalue weighted by Gasteiger charge is -2.19. The molecule has 3 rings (SSSR count). The molecule has 25 heavy (non-hydrogen) atoms. The van der Waals surface area contributed by atoms with Crippen molar-refractivity contribution in [2.45, 2.75) is 25.9 Å². The van der Waals surface area contributed by atoms with Gasteiger partial charge in [-0.25, -0.2) is 9.82 Å². The van der Waals surface area contributed by atoms with E-state index in [0.29, 0.717) is 13.1 Å². The summed E-state index contributed by atoms with van der Waals surface area (Å²) < 4.78 is 13.2. The lowest BCUT2D eigenvalue weighted by Crippen LogP contribution is -2.34. The fourth-order valence-corrected chi connectivity index (χ4v) is 3.19. The molecule has 0 aromatic heterocycles. The highest BCUT2D eigenvalue weighted by molar-refractivity contribution is 6.30. The van der Waals surface area contributed by atoms with Gasteiger partial charge in [-0.15, -0.1) is 0 Å². The second kappa shape index (κ2) is 7.95. The summed E-state index contributed by atoms with van der Waals surface area (Å²) in [5, 5.41) is 2.97. The van der Waals surface area contributed by atoms with Crippen LogP contribution < -0.4 is 16.2 Å². The van der Waals surface area contributed by atoms with Gasteiger partial charge in [-0.05, 0) is 35.2 Å². The van der Waals surface area contributed by atoms with Crippen LogP contribution in [-0.4, -0.2) is 12.5 Å². The summed E-state index contributed by atoms with van der Waals surface area (Å²) in [4.78, 5) is 12.6. The van der Waals surface area contributed by atoms with E-state index in [1.165, 1.54) is 17.7 Å². The molecular weight excluding hydrogens is 341 g/mol. The fraction of sp³-hybridized carbons (Fsp3) is 0.316. The molecule has 0 saturated carbocycles. The number of hydrazine groups is 1. The molecule has 2 unspecified atom stereocenters. The molecule has 1 aliphatic heterocycles. The molecule has 2 aromatic rings. The van der Waals surface area contributed by atoms with Crippen molar-refractivity contribution in [3.05, 3.63) is 70.0 Å². The highest BCUT2D eigenvalue weighted by Crippen LogP contribution is 2.25. The van der Waals surface area contributed by atoms with E-state index in [1.807, 2.05) is 0 Å². The van der Waals surface area contributed by atoms with Gasteiger partial charge in [-0.2, -0.15) is 0 Å². The number of aryl methyl sites for hydroxylation is 1. The van der Waals surface area contributed by atoms with E-state index in [-0.39, 0.29) is 22.9 Å². The average molecular weight is 362 g/mol. The van der Waals surface area contributed by atoms with Crippen LogP contribution in [0.1, 0.15) is 29.7 Å². The second-order valence-corrected chi connectivity index (χ2v) is 6.58. The second-order valence-electron chi connectivity index (χ2n) is 6.17. The molecule has 4 nitrogen and oxygen atoms in total. The third-order valence-electron chi connectivity index (χ3n) is 4.52. The van der Waals surface area contributed by atoms with Crippen LogP contribution in [0.4, 0.5) is 4.39 Å². The number of carbonyl (C=O) groups is 1. The predicted octanol–water partition coefficient (Wildman–Crippen LogP) is 3.12. The van der Waals surface area contributed by atoms with Gasteiger partial charge in [-0.3, -0.25) is 10.2 Å². The molecule has 2 atom stereocenters. The quantitative estimate of drug-likeness (QED) is 0.767. The Hall–Kier alpha value is -1.95. The molecular formula is C19H21ClFN3O. The van der Waals surface area contributed by atoms with Crippen LogP contribution in [0.3, 0.4) is 0 Å². The molecule has 1 aliphatic rings. The molecule has 2 aromatic carbocycles. The Labute approximate surface area is 151 Å². The Balaban J connectivity index is 1.64. The van der Waals surface area contributed by atoms with E-state index in [0.717, 1.165) is 17.5 Å². The Morgan fingerprint density at radius 2 is 1.96 bits per heavy atom. The van der Waals surface area contributed by atoms with Gasteiger partial charge in [0, 0.05) is 13.1 Å². The molecule has 132 valence electrons. The number of carbonyl (C=O) groups excluding carboxylic acids is 1. The standard InChI is InChI=1S/C19H21ClFN3O/c1-2-12-3-6-14(7-4-12)18-15(11-23-24-18)19(25)22-10-13-5-8-17(21)16(20)9-13/h3-9,15,18,23-24H,2,10-11H2,1H3,(H,22,25). The zero-order valence-corrected chi connectivity index (χ0v) is 14.7. The van der Waals surface area contributed by atoms with Crippen LogP contribution in [0, 0.1) is 11.7 Å². The summed E-state index contributed by atoms with van der Waals surface area (Å²) in [6.07, 6.45) is 0.987. The summed E-state index contributed by atoms with van der Waals surface area (Å²) >= 11 is 5.78. The summed E-state index contributed by atoms with van der Waals surface area (Å²) in [5.41, 5.74) is 9.35. The Morgan fingerprint density at radius 3 is 2.64 bits per heavy atom. The topological polar surface area (TPSA) is 53.2 Å². The fourth-order valence-electron chi connectivity index (χ4n) is 2.99. The van der Waals surface area contributed by atoms with E-state index in [2.05, 4.69) is 47.4 Å². The molecule has 0 aliphatic carbocycles. The first-order valence-electron chi connectivity index (χ1n) is 8.37. The van der Waals surface area contributed by atoms with Gasteiger partial charge < -0.3 is 5.32 Å². The highest BCUT2D eigenvalue weighted by Gasteiger charge is 2.33. The van der Waals surface area contributed by atoms with Crippen LogP contribution in [-0.2, 0) is 17.8 Å². The van der Waals surface area contributed by atoms with Crippen molar-refractivity contribution < 1.29 is 9.18 Å². The maximum absolute atomic E-state index is 13.2. The lowest BCUT2D eigenvalue weighted by molar-refractivity contribution is -0.125. The number of benzene rings is 2. The Morgan fingerprint density at radius 1 is 1.24 bits per heavy atom. The van der Waals surface area contributed by atoms with Crippen LogP contribution in [0.25, 0.3) is 0 Å². The molecule has 1 amide bonds. The number of nitrogens with one attached hydrogen (secondary N) is 3. The average Bonchev–Trinajstić information content (AvgIpc) is 3.12. The molecule has 1 saturated heterocycles. The van der Waals surface area contributed by atoms with Crippen molar-refractivity contribution in [1.82, 2.24) is 16.2 Å². The molecule has 1 fully saturated rings. The normalized spacial score (nSPS) is 19.8. The summed E-state index contributed by atoms with van der Waals surface area (Å²) in [7, 11) is 0. The first kappa shape index (κ1) is 17.9. The number of hydrogen-bond donors (Lipinski definition) is 3. The SMILES string of the molecule is CCc1ccc(C2NNCC2C(=O)NCc2ccc(F)c(Cl)c2)cc1.